The highest BCUT2D eigenvalue weighted by molar-refractivity contribution is 7.89. The first-order valence-corrected chi connectivity index (χ1v) is 9.14. The molecule has 0 amide bonds. The van der Waals surface area contributed by atoms with Gasteiger partial charge in [-0.15, -0.1) is 9.19 Å². The summed E-state index contributed by atoms with van der Waals surface area (Å²) in [5.41, 5.74) is 2.85. The summed E-state index contributed by atoms with van der Waals surface area (Å²) in [6, 6.07) is 13.9. The summed E-state index contributed by atoms with van der Waals surface area (Å²) in [6.45, 7) is 3.79. The van der Waals surface area contributed by atoms with Crippen molar-refractivity contribution in [2.75, 3.05) is 0 Å². The summed E-state index contributed by atoms with van der Waals surface area (Å²) < 4.78 is 25.8. The van der Waals surface area contributed by atoms with Gasteiger partial charge in [0.1, 0.15) is 5.69 Å². The van der Waals surface area contributed by atoms with Crippen molar-refractivity contribution in [3.8, 4) is 0 Å². The molecule has 0 aliphatic rings. The van der Waals surface area contributed by atoms with Gasteiger partial charge in [0, 0.05) is 6.42 Å². The number of Topliss-reactive ketones (excluding diaryl/α,β-unsaturated/α-hetero) is 1. The normalized spacial score (nSPS) is 11.4. The number of aryl methyl sites for hydroxylation is 2. The average molecular weight is 355 g/mol. The monoisotopic (exact) mass is 355 g/mol. The van der Waals surface area contributed by atoms with Crippen molar-refractivity contribution in [2.24, 2.45) is 0 Å². The molecule has 0 atom stereocenters. The molecule has 0 unspecified atom stereocenters. The molecule has 6 nitrogen and oxygen atoms in total. The van der Waals surface area contributed by atoms with Gasteiger partial charge in [-0.1, -0.05) is 47.2 Å². The van der Waals surface area contributed by atoms with Crippen molar-refractivity contribution in [3.05, 3.63) is 77.1 Å². The SMILES string of the molecule is Cc1ccc(S(=O)(=O)n2cc(C(=O)Cc3ccccc3C)nn2)cc1. The highest BCUT2D eigenvalue weighted by Gasteiger charge is 2.21. The minimum atomic E-state index is -3.86. The van der Waals surface area contributed by atoms with Gasteiger partial charge in [-0.2, -0.15) is 8.42 Å². The Kier molecular flexibility index (Phi) is 4.50. The van der Waals surface area contributed by atoms with Crippen LogP contribution in [-0.2, 0) is 16.4 Å². The molecule has 2 aromatic carbocycles. The minimum Gasteiger partial charge on any atom is -0.292 e. The summed E-state index contributed by atoms with van der Waals surface area (Å²) in [6.07, 6.45) is 1.31. The molecule has 1 heterocycles. The molecule has 0 aliphatic heterocycles. The zero-order valence-electron chi connectivity index (χ0n) is 13.9. The lowest BCUT2D eigenvalue weighted by atomic mass is 10.0. The highest BCUT2D eigenvalue weighted by atomic mass is 32.2. The highest BCUT2D eigenvalue weighted by Crippen LogP contribution is 2.15. The summed E-state index contributed by atoms with van der Waals surface area (Å²) in [4.78, 5) is 12.5. The summed E-state index contributed by atoms with van der Waals surface area (Å²) >= 11 is 0. The maximum absolute atomic E-state index is 12.5. The van der Waals surface area contributed by atoms with Gasteiger partial charge in [-0.25, -0.2) is 0 Å². The van der Waals surface area contributed by atoms with Crippen LogP contribution in [0, 0.1) is 13.8 Å². The van der Waals surface area contributed by atoms with Crippen LogP contribution in [0.15, 0.2) is 59.6 Å². The summed E-state index contributed by atoms with van der Waals surface area (Å²) in [5, 5.41) is 7.37. The molecule has 0 aliphatic carbocycles. The standard InChI is InChI=1S/C18H17N3O3S/c1-13-7-9-16(10-8-13)25(23,24)21-12-17(19-20-21)18(22)11-15-6-4-3-5-14(15)2/h3-10,12H,11H2,1-2H3. The summed E-state index contributed by atoms with van der Waals surface area (Å²) in [5.74, 6) is -0.278. The van der Waals surface area contributed by atoms with Crippen molar-refractivity contribution >= 4 is 15.8 Å². The second-order valence-electron chi connectivity index (χ2n) is 5.82. The topological polar surface area (TPSA) is 81.9 Å². The van der Waals surface area contributed by atoms with E-state index in [0.717, 1.165) is 27.0 Å². The van der Waals surface area contributed by atoms with E-state index in [1.165, 1.54) is 12.1 Å². The third-order valence-corrected chi connectivity index (χ3v) is 5.48. The van der Waals surface area contributed by atoms with Gasteiger partial charge < -0.3 is 0 Å². The predicted octanol–water partition coefficient (Wildman–Crippen LogP) is 2.56. The number of hydrogen-bond acceptors (Lipinski definition) is 5. The van der Waals surface area contributed by atoms with Crippen molar-refractivity contribution in [1.82, 2.24) is 14.4 Å². The Morgan fingerprint density at radius 3 is 2.40 bits per heavy atom. The Hall–Kier alpha value is -2.80. The zero-order chi connectivity index (χ0) is 18.0. The molecule has 0 fully saturated rings. The molecule has 0 spiro atoms. The van der Waals surface area contributed by atoms with E-state index in [1.807, 2.05) is 38.1 Å². The van der Waals surface area contributed by atoms with Crippen molar-refractivity contribution < 1.29 is 13.2 Å². The molecule has 3 rings (SSSR count). The van der Waals surface area contributed by atoms with Crippen molar-refractivity contribution in [3.63, 3.8) is 0 Å². The Bertz CT molecular complexity index is 1020. The fourth-order valence-corrected chi connectivity index (χ4v) is 3.45. The maximum atomic E-state index is 12.5. The number of ketones is 1. The Balaban J connectivity index is 1.85. The fraction of sp³-hybridized carbons (Fsp3) is 0.167. The molecule has 0 saturated heterocycles. The molecule has 3 aromatic rings. The van der Waals surface area contributed by atoms with E-state index in [4.69, 9.17) is 0 Å². The number of hydrogen-bond donors (Lipinski definition) is 0. The van der Waals surface area contributed by atoms with Crippen LogP contribution in [0.3, 0.4) is 0 Å². The van der Waals surface area contributed by atoms with Crippen LogP contribution in [0.2, 0.25) is 0 Å². The number of nitrogens with zero attached hydrogens (tertiary/aromatic N) is 3. The van der Waals surface area contributed by atoms with E-state index < -0.39 is 10.0 Å². The van der Waals surface area contributed by atoms with Gasteiger partial charge in [0.05, 0.1) is 11.1 Å². The second-order valence-corrected chi connectivity index (χ2v) is 7.62. The van der Waals surface area contributed by atoms with E-state index in [9.17, 15) is 13.2 Å². The second kappa shape index (κ2) is 6.60. The molecular weight excluding hydrogens is 338 g/mol. The summed E-state index contributed by atoms with van der Waals surface area (Å²) in [7, 11) is -3.86. The number of aromatic nitrogens is 3. The molecular formula is C18H17N3O3S. The Labute approximate surface area is 146 Å². The molecule has 25 heavy (non-hydrogen) atoms. The predicted molar refractivity (Wildman–Crippen MR) is 93.0 cm³/mol. The molecule has 0 N–H and O–H groups in total. The van der Waals surface area contributed by atoms with E-state index in [-0.39, 0.29) is 22.8 Å². The van der Waals surface area contributed by atoms with Gasteiger partial charge in [0.2, 0.25) is 0 Å². The lowest BCUT2D eigenvalue weighted by Gasteiger charge is -2.03. The number of carbonyl (C=O) groups is 1. The van der Waals surface area contributed by atoms with Crippen LogP contribution >= 0.6 is 0 Å². The van der Waals surface area contributed by atoms with E-state index in [2.05, 4.69) is 10.3 Å². The number of carbonyl (C=O) groups excluding carboxylic acids is 1. The first-order chi connectivity index (χ1) is 11.9. The number of rotatable bonds is 5. The smallest absolute Gasteiger partial charge is 0.284 e. The van der Waals surface area contributed by atoms with E-state index in [0.29, 0.717) is 0 Å². The van der Waals surface area contributed by atoms with Crippen molar-refractivity contribution in [1.29, 1.82) is 0 Å². The molecule has 1 aromatic heterocycles. The fourth-order valence-electron chi connectivity index (χ4n) is 2.38. The van der Waals surface area contributed by atoms with Gasteiger partial charge in [0.25, 0.3) is 10.0 Å². The minimum absolute atomic E-state index is 0.0268. The first-order valence-electron chi connectivity index (χ1n) is 7.70. The van der Waals surface area contributed by atoms with Gasteiger partial charge in [0.15, 0.2) is 5.78 Å². The van der Waals surface area contributed by atoms with Crippen LogP contribution in [-0.4, -0.2) is 28.6 Å². The van der Waals surface area contributed by atoms with Crippen LogP contribution in [0.1, 0.15) is 27.2 Å². The lowest BCUT2D eigenvalue weighted by molar-refractivity contribution is 0.0988. The lowest BCUT2D eigenvalue weighted by Crippen LogP contribution is -2.13. The van der Waals surface area contributed by atoms with Crippen LogP contribution in [0.5, 0.6) is 0 Å². The van der Waals surface area contributed by atoms with Gasteiger partial charge in [-0.3, -0.25) is 4.79 Å². The van der Waals surface area contributed by atoms with Crippen molar-refractivity contribution in [2.45, 2.75) is 25.2 Å². The third kappa shape index (κ3) is 3.51. The number of benzene rings is 2. The van der Waals surface area contributed by atoms with E-state index >= 15 is 0 Å². The first kappa shape index (κ1) is 17.0. The van der Waals surface area contributed by atoms with Gasteiger partial charge >= 0.3 is 0 Å². The maximum Gasteiger partial charge on any atom is 0.284 e. The molecule has 0 saturated carbocycles. The quantitative estimate of drug-likeness (QED) is 0.657. The molecule has 0 bridgehead atoms. The molecule has 0 radical (unpaired) electrons. The molecule has 7 heteroatoms. The van der Waals surface area contributed by atoms with E-state index in [1.54, 1.807) is 12.1 Å². The Morgan fingerprint density at radius 1 is 1.04 bits per heavy atom. The zero-order valence-corrected chi connectivity index (χ0v) is 14.7. The third-order valence-electron chi connectivity index (χ3n) is 3.94. The van der Waals surface area contributed by atoms with Gasteiger partial charge in [-0.05, 0) is 37.1 Å². The Morgan fingerprint density at radius 2 is 1.72 bits per heavy atom. The van der Waals surface area contributed by atoms with Crippen LogP contribution in [0.25, 0.3) is 0 Å². The largest absolute Gasteiger partial charge is 0.292 e. The van der Waals surface area contributed by atoms with Crippen LogP contribution < -0.4 is 0 Å². The average Bonchev–Trinajstić information content (AvgIpc) is 3.08. The molecule has 128 valence electrons. The van der Waals surface area contributed by atoms with Crippen LogP contribution in [0.4, 0.5) is 0 Å².